The molecule has 2 aromatic rings. The lowest BCUT2D eigenvalue weighted by Crippen LogP contribution is -1.98. The number of methoxy groups -OCH3 is 2. The van der Waals surface area contributed by atoms with Crippen LogP contribution in [0.4, 0.5) is 0 Å². The first-order valence-electron chi connectivity index (χ1n) is 4.37. The fraction of sp³-hybridized carbons (Fsp3) is 0.182. The van der Waals surface area contributed by atoms with Crippen molar-refractivity contribution in [3.05, 3.63) is 30.6 Å². The van der Waals surface area contributed by atoms with E-state index in [9.17, 15) is 0 Å². The summed E-state index contributed by atoms with van der Waals surface area (Å²) in [5.74, 6) is 1.63. The molecule has 1 heterocycles. The highest BCUT2D eigenvalue weighted by molar-refractivity contribution is 5.88. The summed E-state index contributed by atoms with van der Waals surface area (Å²) in [6.45, 7) is 0. The molecule has 1 aromatic carbocycles. The number of pyridine rings is 1. The van der Waals surface area contributed by atoms with E-state index in [0.717, 1.165) is 22.3 Å². The summed E-state index contributed by atoms with van der Waals surface area (Å²) in [7, 11) is 3.30. The van der Waals surface area contributed by atoms with Crippen molar-refractivity contribution < 1.29 is 14.5 Å². The van der Waals surface area contributed by atoms with Gasteiger partial charge in [-0.25, -0.2) is 4.98 Å². The zero-order chi connectivity index (χ0) is 9.97. The van der Waals surface area contributed by atoms with Crippen LogP contribution in [0.1, 0.15) is 0 Å². The van der Waals surface area contributed by atoms with Crippen molar-refractivity contribution in [2.24, 2.45) is 0 Å². The lowest BCUT2D eigenvalue weighted by atomic mass is 10.1. The van der Waals surface area contributed by atoms with Crippen molar-refractivity contribution in [1.29, 1.82) is 0 Å². The maximum Gasteiger partial charge on any atom is 0.175 e. The summed E-state index contributed by atoms with van der Waals surface area (Å²) in [5.41, 5.74) is 0. The van der Waals surface area contributed by atoms with E-state index in [1.807, 2.05) is 30.6 Å². The number of rotatable bonds is 2. The molecule has 3 heteroatoms. The number of nitrogens with one attached hydrogen (secondary N) is 1. The molecule has 1 N–H and O–H groups in total. The van der Waals surface area contributed by atoms with Crippen molar-refractivity contribution in [3.8, 4) is 11.5 Å². The van der Waals surface area contributed by atoms with Gasteiger partial charge in [-0.2, -0.15) is 0 Å². The van der Waals surface area contributed by atoms with E-state index in [1.165, 1.54) is 0 Å². The highest BCUT2D eigenvalue weighted by Crippen LogP contribution is 2.29. The number of H-pyrrole nitrogens is 1. The summed E-state index contributed by atoms with van der Waals surface area (Å²) < 4.78 is 10.4. The van der Waals surface area contributed by atoms with Crippen molar-refractivity contribution in [3.63, 3.8) is 0 Å². The molecule has 14 heavy (non-hydrogen) atoms. The first kappa shape index (κ1) is 8.81. The smallest absolute Gasteiger partial charge is 0.175 e. The number of benzene rings is 1. The van der Waals surface area contributed by atoms with Crippen LogP contribution in [0, 0.1) is 0 Å². The van der Waals surface area contributed by atoms with Crippen LogP contribution in [0.15, 0.2) is 30.6 Å². The molecule has 0 radical (unpaired) electrons. The lowest BCUT2D eigenvalue weighted by Gasteiger charge is -2.06. The molecular formula is C11H12NO2+. The van der Waals surface area contributed by atoms with Crippen LogP contribution in [0.5, 0.6) is 11.5 Å². The molecule has 2 rings (SSSR count). The number of ether oxygens (including phenoxy) is 2. The van der Waals surface area contributed by atoms with Gasteiger partial charge in [0, 0.05) is 17.5 Å². The molecule has 3 nitrogen and oxygen atoms in total. The molecule has 0 unspecified atom stereocenters. The van der Waals surface area contributed by atoms with Gasteiger partial charge in [-0.05, 0) is 6.07 Å². The van der Waals surface area contributed by atoms with Gasteiger partial charge in [0.05, 0.1) is 19.6 Å². The zero-order valence-electron chi connectivity index (χ0n) is 8.20. The van der Waals surface area contributed by atoms with E-state index in [4.69, 9.17) is 9.47 Å². The van der Waals surface area contributed by atoms with E-state index in [-0.39, 0.29) is 0 Å². The minimum absolute atomic E-state index is 0.800. The van der Waals surface area contributed by atoms with Crippen LogP contribution in [0.3, 0.4) is 0 Å². The summed E-state index contributed by atoms with van der Waals surface area (Å²) in [4.78, 5) is 3.03. The Morgan fingerprint density at radius 2 is 2.00 bits per heavy atom. The third-order valence-corrected chi connectivity index (χ3v) is 2.19. The fourth-order valence-electron chi connectivity index (χ4n) is 1.48. The maximum absolute atomic E-state index is 5.28. The van der Waals surface area contributed by atoms with Crippen LogP contribution in [-0.2, 0) is 0 Å². The van der Waals surface area contributed by atoms with Crippen LogP contribution in [0.25, 0.3) is 10.8 Å². The zero-order valence-corrected chi connectivity index (χ0v) is 8.20. The van der Waals surface area contributed by atoms with Gasteiger partial charge >= 0.3 is 0 Å². The minimum atomic E-state index is 0.800. The molecule has 0 fully saturated rings. The Morgan fingerprint density at radius 1 is 1.14 bits per heavy atom. The first-order chi connectivity index (χ1) is 6.85. The number of aromatic nitrogens is 1. The second-order valence-electron chi connectivity index (χ2n) is 2.98. The molecule has 0 saturated heterocycles. The van der Waals surface area contributed by atoms with Crippen molar-refractivity contribution in [2.75, 3.05) is 14.2 Å². The van der Waals surface area contributed by atoms with E-state index in [1.54, 1.807) is 14.2 Å². The molecule has 0 aliphatic heterocycles. The normalized spacial score (nSPS) is 10.1. The monoisotopic (exact) mass is 190 g/mol. The second-order valence-corrected chi connectivity index (χ2v) is 2.98. The highest BCUT2D eigenvalue weighted by Gasteiger charge is 2.05. The van der Waals surface area contributed by atoms with Gasteiger partial charge in [-0.1, -0.05) is 0 Å². The van der Waals surface area contributed by atoms with E-state index >= 15 is 0 Å². The average Bonchev–Trinajstić information content (AvgIpc) is 2.27. The van der Waals surface area contributed by atoms with Crippen LogP contribution < -0.4 is 14.5 Å². The minimum Gasteiger partial charge on any atom is -0.497 e. The summed E-state index contributed by atoms with van der Waals surface area (Å²) in [5, 5.41) is 2.15. The first-order valence-corrected chi connectivity index (χ1v) is 4.37. The fourth-order valence-corrected chi connectivity index (χ4v) is 1.48. The number of hydrogen-bond donors (Lipinski definition) is 0. The highest BCUT2D eigenvalue weighted by atomic mass is 16.5. The molecule has 0 aliphatic rings. The number of hydrogen-bond acceptors (Lipinski definition) is 2. The third-order valence-electron chi connectivity index (χ3n) is 2.19. The largest absolute Gasteiger partial charge is 0.497 e. The van der Waals surface area contributed by atoms with Crippen molar-refractivity contribution >= 4 is 10.8 Å². The topological polar surface area (TPSA) is 32.6 Å². The summed E-state index contributed by atoms with van der Waals surface area (Å²) in [6.07, 6.45) is 3.79. The lowest BCUT2D eigenvalue weighted by molar-refractivity contribution is -0.375. The van der Waals surface area contributed by atoms with Gasteiger partial charge in [0.1, 0.15) is 11.5 Å². The third kappa shape index (κ3) is 1.37. The van der Waals surface area contributed by atoms with Gasteiger partial charge in [-0.3, -0.25) is 0 Å². The summed E-state index contributed by atoms with van der Waals surface area (Å²) in [6, 6.07) is 5.82. The number of aromatic amines is 1. The Labute approximate surface area is 82.3 Å². The van der Waals surface area contributed by atoms with E-state index in [0.29, 0.717) is 0 Å². The van der Waals surface area contributed by atoms with Crippen LogP contribution in [-0.4, -0.2) is 14.2 Å². The molecule has 0 atom stereocenters. The Kier molecular flexibility index (Phi) is 2.23. The standard InChI is InChI=1S/C11H11NO2/c1-13-9-5-8-7-12-4-3-10(8)11(6-9)14-2/h3-7H,1-2H3/p+1. The van der Waals surface area contributed by atoms with Gasteiger partial charge in [0.2, 0.25) is 0 Å². The van der Waals surface area contributed by atoms with Crippen molar-refractivity contribution in [2.45, 2.75) is 0 Å². The van der Waals surface area contributed by atoms with Crippen LogP contribution in [0.2, 0.25) is 0 Å². The maximum atomic E-state index is 5.28. The molecule has 0 aliphatic carbocycles. The Hall–Kier alpha value is -1.77. The Balaban J connectivity index is 2.73. The van der Waals surface area contributed by atoms with E-state index in [2.05, 4.69) is 4.98 Å². The molecule has 72 valence electrons. The quantitative estimate of drug-likeness (QED) is 0.721. The summed E-state index contributed by atoms with van der Waals surface area (Å²) >= 11 is 0. The average molecular weight is 190 g/mol. The second kappa shape index (κ2) is 3.54. The predicted molar refractivity (Wildman–Crippen MR) is 53.6 cm³/mol. The molecule has 0 amide bonds. The van der Waals surface area contributed by atoms with Gasteiger partial charge in [0.15, 0.2) is 12.4 Å². The predicted octanol–water partition coefficient (Wildman–Crippen LogP) is 1.67. The van der Waals surface area contributed by atoms with Gasteiger partial charge < -0.3 is 9.47 Å². The molecule has 1 aromatic heterocycles. The number of fused-ring (bicyclic) bond motifs is 1. The SMILES string of the molecule is COc1cc(OC)c2cc[nH+]cc2c1. The molecule has 0 saturated carbocycles. The van der Waals surface area contributed by atoms with Gasteiger partial charge in [0.25, 0.3) is 0 Å². The Bertz CT molecular complexity index is 454. The van der Waals surface area contributed by atoms with Crippen molar-refractivity contribution in [1.82, 2.24) is 0 Å². The molecule has 0 spiro atoms. The van der Waals surface area contributed by atoms with Gasteiger partial charge in [-0.15, -0.1) is 0 Å². The van der Waals surface area contributed by atoms with Crippen LogP contribution >= 0.6 is 0 Å². The Morgan fingerprint density at radius 3 is 2.71 bits per heavy atom. The molecular weight excluding hydrogens is 178 g/mol. The molecule has 0 bridgehead atoms. The van der Waals surface area contributed by atoms with E-state index < -0.39 is 0 Å².